The Hall–Kier alpha value is -4.31. The van der Waals surface area contributed by atoms with Crippen molar-refractivity contribution < 1.29 is 42.9 Å². The highest BCUT2D eigenvalue weighted by atomic mass is 16.7. The number of hydrogen-bond donors (Lipinski definition) is 1. The van der Waals surface area contributed by atoms with E-state index in [1.807, 2.05) is 21.1 Å². The third kappa shape index (κ3) is 61.2. The van der Waals surface area contributed by atoms with Crippen molar-refractivity contribution in [1.29, 1.82) is 0 Å². The second-order valence-electron chi connectivity index (χ2n) is 22.0. The van der Waals surface area contributed by atoms with E-state index in [0.29, 0.717) is 17.4 Å². The van der Waals surface area contributed by atoms with Crippen molar-refractivity contribution in [2.24, 2.45) is 0 Å². The molecular weight excluding hydrogens is 983 g/mol. The van der Waals surface area contributed by atoms with Crippen molar-refractivity contribution in [2.45, 2.75) is 257 Å². The number of ether oxygens (including phenoxy) is 4. The lowest BCUT2D eigenvalue weighted by Crippen LogP contribution is -2.40. The SMILES string of the molecule is CC/C=C\C/C=C\C/C=C\C/C=C\C/C=C\CCCCCCCCCCCCCCCCCC(=O)OC(COC(=O)CCCCCCCCC/C=C\C/C=C\C/C=C\C/C=C\C/C=C\CC)COC(OCC[N+](C)(C)C)C(=O)O. The van der Waals surface area contributed by atoms with Crippen LogP contribution in [-0.4, -0.2) is 87.4 Å². The number of carbonyl (C=O) groups is 3. The van der Waals surface area contributed by atoms with Gasteiger partial charge in [-0.3, -0.25) is 9.59 Å². The molecule has 0 aromatic rings. The maximum Gasteiger partial charge on any atom is 0.361 e. The molecule has 0 amide bonds. The minimum atomic E-state index is -1.52. The lowest BCUT2D eigenvalue weighted by Gasteiger charge is -2.25. The maximum atomic E-state index is 12.9. The van der Waals surface area contributed by atoms with Crippen molar-refractivity contribution in [3.05, 3.63) is 122 Å². The van der Waals surface area contributed by atoms with Crippen LogP contribution in [0.25, 0.3) is 0 Å². The fourth-order valence-electron chi connectivity index (χ4n) is 8.42. The Morgan fingerprint density at radius 1 is 0.380 bits per heavy atom. The summed E-state index contributed by atoms with van der Waals surface area (Å²) in [7, 11) is 5.96. The molecule has 1 N–H and O–H groups in total. The van der Waals surface area contributed by atoms with Crippen LogP contribution in [0.4, 0.5) is 0 Å². The number of aliphatic carboxylic acids is 1. The molecule has 0 aliphatic carbocycles. The first-order chi connectivity index (χ1) is 38.6. The summed E-state index contributed by atoms with van der Waals surface area (Å²) in [5, 5.41) is 9.73. The molecule has 0 spiro atoms. The molecule has 0 bridgehead atoms. The molecule has 0 aromatic heterocycles. The van der Waals surface area contributed by atoms with Gasteiger partial charge in [-0.05, 0) is 103 Å². The Bertz CT molecular complexity index is 1710. The molecule has 0 heterocycles. The molecule has 79 heavy (non-hydrogen) atoms. The van der Waals surface area contributed by atoms with E-state index in [4.69, 9.17) is 18.9 Å². The molecule has 0 aromatic carbocycles. The predicted molar refractivity (Wildman–Crippen MR) is 336 cm³/mol. The number of hydrogen-bond acceptors (Lipinski definition) is 7. The van der Waals surface area contributed by atoms with Crippen LogP contribution >= 0.6 is 0 Å². The fourth-order valence-corrected chi connectivity index (χ4v) is 8.42. The number of rotatable bonds is 57. The summed E-state index contributed by atoms with van der Waals surface area (Å²) in [6.45, 7) is 4.64. The Labute approximate surface area is 485 Å². The van der Waals surface area contributed by atoms with E-state index in [-0.39, 0.29) is 38.6 Å². The first-order valence-corrected chi connectivity index (χ1v) is 31.7. The fraction of sp³-hybridized carbons (Fsp3) is 0.671. The number of quaternary nitrogens is 1. The number of likely N-dealkylation sites (N-methyl/N-ethyl adjacent to an activating group) is 1. The van der Waals surface area contributed by atoms with Crippen LogP contribution in [0.5, 0.6) is 0 Å². The van der Waals surface area contributed by atoms with E-state index in [9.17, 15) is 19.5 Å². The van der Waals surface area contributed by atoms with E-state index in [1.54, 1.807) is 0 Å². The van der Waals surface area contributed by atoms with Gasteiger partial charge >= 0.3 is 17.9 Å². The Kier molecular flexibility index (Phi) is 56.5. The van der Waals surface area contributed by atoms with Crippen LogP contribution in [0, 0.1) is 0 Å². The van der Waals surface area contributed by atoms with Crippen LogP contribution < -0.4 is 0 Å². The largest absolute Gasteiger partial charge is 0.477 e. The topological polar surface area (TPSA) is 108 Å². The monoisotopic (exact) mass is 1100 g/mol. The molecule has 0 rings (SSSR count). The second-order valence-corrected chi connectivity index (χ2v) is 22.0. The third-order valence-electron chi connectivity index (χ3n) is 13.2. The number of carboxylic acids is 1. The van der Waals surface area contributed by atoms with Crippen LogP contribution in [0.2, 0.25) is 0 Å². The van der Waals surface area contributed by atoms with Crippen molar-refractivity contribution in [3.63, 3.8) is 0 Å². The van der Waals surface area contributed by atoms with Gasteiger partial charge in [-0.15, -0.1) is 0 Å². The quantitative estimate of drug-likeness (QED) is 0.0211. The summed E-state index contributed by atoms with van der Waals surface area (Å²) < 4.78 is 22.9. The number of unbranched alkanes of at least 4 members (excludes halogenated alkanes) is 22. The number of allylic oxidation sites excluding steroid dienone is 20. The molecular formula is C70H118NO8+. The number of carbonyl (C=O) groups excluding carboxylic acids is 2. The molecule has 0 saturated carbocycles. The summed E-state index contributed by atoms with van der Waals surface area (Å²) in [4.78, 5) is 37.5. The highest BCUT2D eigenvalue weighted by Crippen LogP contribution is 2.16. The Balaban J connectivity index is 4.20. The van der Waals surface area contributed by atoms with E-state index in [1.165, 1.54) is 96.3 Å². The van der Waals surface area contributed by atoms with Crippen LogP contribution in [-0.2, 0) is 33.3 Å². The van der Waals surface area contributed by atoms with Gasteiger partial charge in [0, 0.05) is 12.8 Å². The molecule has 0 radical (unpaired) electrons. The van der Waals surface area contributed by atoms with Gasteiger partial charge in [-0.1, -0.05) is 251 Å². The number of nitrogens with zero attached hydrogens (tertiary/aromatic N) is 1. The molecule has 9 heteroatoms. The second kappa shape index (κ2) is 59.8. The lowest BCUT2D eigenvalue weighted by molar-refractivity contribution is -0.870. The van der Waals surface area contributed by atoms with Gasteiger partial charge in [-0.2, -0.15) is 0 Å². The van der Waals surface area contributed by atoms with Crippen LogP contribution in [0.1, 0.15) is 245 Å². The Morgan fingerprint density at radius 2 is 0.684 bits per heavy atom. The maximum absolute atomic E-state index is 12.9. The average molecular weight is 1100 g/mol. The molecule has 0 aliphatic heterocycles. The van der Waals surface area contributed by atoms with E-state index < -0.39 is 24.3 Å². The summed E-state index contributed by atoms with van der Waals surface area (Å²) in [5.41, 5.74) is 0. The minimum absolute atomic E-state index is 0.180. The van der Waals surface area contributed by atoms with Gasteiger partial charge in [0.05, 0.1) is 34.4 Å². The summed E-state index contributed by atoms with van der Waals surface area (Å²) in [5.74, 6) is -2.02. The molecule has 2 atom stereocenters. The summed E-state index contributed by atoms with van der Waals surface area (Å²) in [6.07, 6.45) is 81.4. The van der Waals surface area contributed by atoms with Crippen LogP contribution in [0.15, 0.2) is 122 Å². The first kappa shape index (κ1) is 74.7. The van der Waals surface area contributed by atoms with Crippen molar-refractivity contribution in [2.75, 3.05) is 47.5 Å². The average Bonchev–Trinajstić information content (AvgIpc) is 3.42. The normalized spacial score (nSPS) is 13.6. The van der Waals surface area contributed by atoms with Gasteiger partial charge in [0.15, 0.2) is 6.10 Å². The van der Waals surface area contributed by atoms with Gasteiger partial charge in [-0.25, -0.2) is 4.79 Å². The van der Waals surface area contributed by atoms with E-state index >= 15 is 0 Å². The van der Waals surface area contributed by atoms with E-state index in [0.717, 1.165) is 116 Å². The summed E-state index contributed by atoms with van der Waals surface area (Å²) >= 11 is 0. The molecule has 0 saturated heterocycles. The smallest absolute Gasteiger partial charge is 0.361 e. The molecule has 9 nitrogen and oxygen atoms in total. The van der Waals surface area contributed by atoms with Gasteiger partial charge in [0.25, 0.3) is 6.29 Å². The zero-order chi connectivity index (χ0) is 57.6. The highest BCUT2D eigenvalue weighted by molar-refractivity contribution is 5.71. The molecule has 450 valence electrons. The molecule has 0 fully saturated rings. The van der Waals surface area contributed by atoms with Crippen molar-refractivity contribution >= 4 is 17.9 Å². The predicted octanol–water partition coefficient (Wildman–Crippen LogP) is 19.2. The standard InChI is InChI=1S/C70H117NO8/c1-6-8-10-12-14-16-18-20-22-24-26-28-30-31-32-33-34-35-36-37-39-41-43-45-47-49-51-53-55-57-59-61-68(73)79-66(65-78-70(69(74)75)76-63-62-71(3,4)5)64-77-67(72)60-58-56-54-52-50-48-46-44-42-40-38-29-27-25-23-21-19-17-15-13-11-9-7-2/h8-11,14-17,20-23,26-29,31-32,40,42,66,70H,6-7,12-13,18-19,24-25,30,33-39,41,43-65H2,1-5H3/p+1/b10-8-,11-9-,16-14-,17-15-,22-20-,23-21-,28-26-,29-27-,32-31-,42-40-. The minimum Gasteiger partial charge on any atom is -0.477 e. The Morgan fingerprint density at radius 3 is 1.01 bits per heavy atom. The highest BCUT2D eigenvalue weighted by Gasteiger charge is 2.25. The zero-order valence-electron chi connectivity index (χ0n) is 51.2. The van der Waals surface area contributed by atoms with E-state index in [2.05, 4.69) is 135 Å². The van der Waals surface area contributed by atoms with Crippen LogP contribution in [0.3, 0.4) is 0 Å². The number of esters is 2. The third-order valence-corrected chi connectivity index (χ3v) is 13.2. The van der Waals surface area contributed by atoms with Gasteiger partial charge < -0.3 is 28.5 Å². The van der Waals surface area contributed by atoms with Crippen molar-refractivity contribution in [3.8, 4) is 0 Å². The zero-order valence-corrected chi connectivity index (χ0v) is 51.2. The van der Waals surface area contributed by atoms with Gasteiger partial charge in [0.1, 0.15) is 13.2 Å². The molecule has 2 unspecified atom stereocenters. The first-order valence-electron chi connectivity index (χ1n) is 31.7. The lowest BCUT2D eigenvalue weighted by atomic mass is 10.0. The molecule has 0 aliphatic rings. The number of carboxylic acid groups (broad SMARTS) is 1. The van der Waals surface area contributed by atoms with Gasteiger partial charge in [0.2, 0.25) is 0 Å². The van der Waals surface area contributed by atoms with Crippen molar-refractivity contribution in [1.82, 2.24) is 0 Å². The summed E-state index contributed by atoms with van der Waals surface area (Å²) in [6, 6.07) is 0.